The average molecular weight is 298 g/mol. The third-order valence-corrected chi connectivity index (χ3v) is 4.51. The second-order valence-corrected chi connectivity index (χ2v) is 6.31. The normalized spacial score (nSPS) is 24.9. The van der Waals surface area contributed by atoms with E-state index in [2.05, 4.69) is 10.3 Å². The summed E-state index contributed by atoms with van der Waals surface area (Å²) in [7, 11) is 0. The molecule has 5 heteroatoms. The summed E-state index contributed by atoms with van der Waals surface area (Å²) in [5.74, 6) is -0.0883. The molecule has 22 heavy (non-hydrogen) atoms. The lowest BCUT2D eigenvalue weighted by molar-refractivity contribution is -0.122. The predicted molar refractivity (Wildman–Crippen MR) is 86.7 cm³/mol. The summed E-state index contributed by atoms with van der Waals surface area (Å²) in [6.45, 7) is 1.98. The number of hydrogen-bond donors (Lipinski definition) is 2. The molecular weight excluding hydrogens is 276 g/mol. The van der Waals surface area contributed by atoms with Gasteiger partial charge < -0.3 is 15.6 Å². The number of amides is 1. The van der Waals surface area contributed by atoms with Crippen molar-refractivity contribution in [1.82, 2.24) is 9.55 Å². The van der Waals surface area contributed by atoms with E-state index in [4.69, 9.17) is 5.73 Å². The molecular formula is C17H22N4O. The number of imidazole rings is 1. The molecule has 116 valence electrons. The maximum Gasteiger partial charge on any atom is 0.229 e. The number of benzene rings is 1. The molecule has 0 spiro atoms. The van der Waals surface area contributed by atoms with Crippen molar-refractivity contribution in [2.75, 3.05) is 5.32 Å². The molecule has 0 saturated heterocycles. The fourth-order valence-electron chi connectivity index (χ4n) is 3.15. The van der Waals surface area contributed by atoms with Crippen LogP contribution in [0.3, 0.4) is 0 Å². The SMILES string of the molecule is CC1(N)CCCCC1C(=O)Nc1ccc(-n2ccnc2)cc1. The van der Waals surface area contributed by atoms with E-state index in [0.717, 1.165) is 37.1 Å². The number of hydrogen-bond acceptors (Lipinski definition) is 3. The van der Waals surface area contributed by atoms with Crippen LogP contribution in [0.2, 0.25) is 0 Å². The zero-order valence-electron chi connectivity index (χ0n) is 12.8. The van der Waals surface area contributed by atoms with Gasteiger partial charge in [0.2, 0.25) is 5.91 Å². The molecule has 1 aliphatic carbocycles. The van der Waals surface area contributed by atoms with E-state index >= 15 is 0 Å². The molecule has 1 saturated carbocycles. The highest BCUT2D eigenvalue weighted by Gasteiger charge is 2.37. The Morgan fingerprint density at radius 2 is 2.14 bits per heavy atom. The Labute approximate surface area is 130 Å². The second-order valence-electron chi connectivity index (χ2n) is 6.31. The van der Waals surface area contributed by atoms with Gasteiger partial charge >= 0.3 is 0 Å². The molecule has 1 aliphatic rings. The molecule has 1 amide bonds. The Balaban J connectivity index is 1.69. The summed E-state index contributed by atoms with van der Waals surface area (Å²) < 4.78 is 1.92. The lowest BCUT2D eigenvalue weighted by Crippen LogP contribution is -2.51. The second kappa shape index (κ2) is 5.93. The number of aromatic nitrogens is 2. The number of carbonyl (C=O) groups is 1. The number of rotatable bonds is 3. The van der Waals surface area contributed by atoms with Gasteiger partial charge in [0.05, 0.1) is 12.2 Å². The average Bonchev–Trinajstić information content (AvgIpc) is 3.01. The smallest absolute Gasteiger partial charge is 0.229 e. The quantitative estimate of drug-likeness (QED) is 0.915. The van der Waals surface area contributed by atoms with Crippen molar-refractivity contribution in [2.24, 2.45) is 11.7 Å². The van der Waals surface area contributed by atoms with Crippen molar-refractivity contribution in [3.8, 4) is 5.69 Å². The van der Waals surface area contributed by atoms with Gasteiger partial charge in [0.15, 0.2) is 0 Å². The monoisotopic (exact) mass is 298 g/mol. The minimum Gasteiger partial charge on any atom is -0.326 e. The largest absolute Gasteiger partial charge is 0.326 e. The van der Waals surface area contributed by atoms with Gasteiger partial charge in [-0.1, -0.05) is 12.8 Å². The summed E-state index contributed by atoms with van der Waals surface area (Å²) in [6, 6.07) is 7.73. The fraction of sp³-hybridized carbons (Fsp3) is 0.412. The molecule has 0 aliphatic heterocycles. The molecule has 0 radical (unpaired) electrons. The Bertz CT molecular complexity index is 631. The van der Waals surface area contributed by atoms with Crippen LogP contribution in [0.1, 0.15) is 32.6 Å². The Morgan fingerprint density at radius 1 is 1.36 bits per heavy atom. The van der Waals surface area contributed by atoms with E-state index in [9.17, 15) is 4.79 Å². The third kappa shape index (κ3) is 3.04. The highest BCUT2D eigenvalue weighted by molar-refractivity contribution is 5.93. The molecule has 2 unspecified atom stereocenters. The minimum atomic E-state index is -0.404. The van der Waals surface area contributed by atoms with E-state index < -0.39 is 5.54 Å². The van der Waals surface area contributed by atoms with E-state index in [0.29, 0.717) is 0 Å². The molecule has 0 bridgehead atoms. The summed E-state index contributed by atoms with van der Waals surface area (Å²) in [5, 5.41) is 3.00. The molecule has 5 nitrogen and oxygen atoms in total. The maximum atomic E-state index is 12.5. The number of anilines is 1. The van der Waals surface area contributed by atoms with Crippen LogP contribution < -0.4 is 11.1 Å². The highest BCUT2D eigenvalue weighted by Crippen LogP contribution is 2.32. The van der Waals surface area contributed by atoms with Gasteiger partial charge in [-0.05, 0) is 44.0 Å². The van der Waals surface area contributed by atoms with Gasteiger partial charge in [0, 0.05) is 29.3 Å². The van der Waals surface area contributed by atoms with Gasteiger partial charge in [-0.2, -0.15) is 0 Å². The van der Waals surface area contributed by atoms with Gasteiger partial charge in [0.1, 0.15) is 0 Å². The van der Waals surface area contributed by atoms with Crippen molar-refractivity contribution in [3.05, 3.63) is 43.0 Å². The Morgan fingerprint density at radius 3 is 2.77 bits per heavy atom. The van der Waals surface area contributed by atoms with Crippen LogP contribution in [0.5, 0.6) is 0 Å². The molecule has 3 N–H and O–H groups in total. The van der Waals surface area contributed by atoms with E-state index in [1.54, 1.807) is 12.5 Å². The zero-order chi connectivity index (χ0) is 15.6. The molecule has 1 aromatic carbocycles. The summed E-state index contributed by atoms with van der Waals surface area (Å²) in [6.07, 6.45) is 9.32. The Hall–Kier alpha value is -2.14. The number of nitrogens with zero attached hydrogens (tertiary/aromatic N) is 2. The molecule has 2 atom stereocenters. The molecule has 1 fully saturated rings. The van der Waals surface area contributed by atoms with Crippen LogP contribution in [0.15, 0.2) is 43.0 Å². The van der Waals surface area contributed by atoms with Crippen molar-refractivity contribution in [1.29, 1.82) is 0 Å². The first-order chi connectivity index (χ1) is 10.6. The van der Waals surface area contributed by atoms with E-state index in [-0.39, 0.29) is 11.8 Å². The molecule has 1 heterocycles. The van der Waals surface area contributed by atoms with E-state index in [1.807, 2.05) is 42.0 Å². The Kier molecular flexibility index (Phi) is 3.98. The lowest BCUT2D eigenvalue weighted by atomic mass is 9.74. The van der Waals surface area contributed by atoms with Crippen LogP contribution in [0.4, 0.5) is 5.69 Å². The van der Waals surface area contributed by atoms with Crippen molar-refractivity contribution in [2.45, 2.75) is 38.1 Å². The lowest BCUT2D eigenvalue weighted by Gasteiger charge is -2.37. The maximum absolute atomic E-state index is 12.5. The van der Waals surface area contributed by atoms with Crippen molar-refractivity contribution < 1.29 is 4.79 Å². The highest BCUT2D eigenvalue weighted by atomic mass is 16.1. The van der Waals surface area contributed by atoms with Gasteiger partial charge in [-0.3, -0.25) is 4.79 Å². The molecule has 2 aromatic rings. The van der Waals surface area contributed by atoms with Crippen molar-refractivity contribution in [3.63, 3.8) is 0 Å². The minimum absolute atomic E-state index is 0.0279. The summed E-state index contributed by atoms with van der Waals surface area (Å²) in [4.78, 5) is 16.5. The van der Waals surface area contributed by atoms with Crippen LogP contribution in [0.25, 0.3) is 5.69 Å². The van der Waals surface area contributed by atoms with Crippen LogP contribution in [-0.2, 0) is 4.79 Å². The van der Waals surface area contributed by atoms with Crippen LogP contribution in [0, 0.1) is 5.92 Å². The topological polar surface area (TPSA) is 72.9 Å². The van der Waals surface area contributed by atoms with Gasteiger partial charge in [-0.15, -0.1) is 0 Å². The standard InChI is InChI=1S/C17H22N4O/c1-17(18)9-3-2-4-15(17)16(22)20-13-5-7-14(8-6-13)21-11-10-19-12-21/h5-8,10-12,15H,2-4,9,18H2,1H3,(H,20,22). The summed E-state index contributed by atoms with van der Waals surface area (Å²) >= 11 is 0. The number of nitrogens with one attached hydrogen (secondary N) is 1. The van der Waals surface area contributed by atoms with Crippen molar-refractivity contribution >= 4 is 11.6 Å². The molecule has 3 rings (SSSR count). The zero-order valence-corrected chi connectivity index (χ0v) is 12.8. The first-order valence-electron chi connectivity index (χ1n) is 7.74. The number of nitrogens with two attached hydrogens (primary N) is 1. The molecule has 1 aromatic heterocycles. The van der Waals surface area contributed by atoms with E-state index in [1.165, 1.54) is 0 Å². The van der Waals surface area contributed by atoms with Crippen LogP contribution >= 0.6 is 0 Å². The first kappa shape index (κ1) is 14.8. The number of carbonyl (C=O) groups excluding carboxylic acids is 1. The predicted octanol–water partition coefficient (Wildman–Crippen LogP) is 2.72. The van der Waals surface area contributed by atoms with Gasteiger partial charge in [0.25, 0.3) is 0 Å². The van der Waals surface area contributed by atoms with Crippen LogP contribution in [-0.4, -0.2) is 21.0 Å². The fourth-order valence-corrected chi connectivity index (χ4v) is 3.15. The summed E-state index contributed by atoms with van der Waals surface area (Å²) in [5.41, 5.74) is 7.70. The van der Waals surface area contributed by atoms with Gasteiger partial charge in [-0.25, -0.2) is 4.98 Å². The third-order valence-electron chi connectivity index (χ3n) is 4.51. The first-order valence-corrected chi connectivity index (χ1v) is 7.74.